The third-order valence-electron chi connectivity index (χ3n) is 3.49. The van der Waals surface area contributed by atoms with Gasteiger partial charge in [-0.2, -0.15) is 18.6 Å². The van der Waals surface area contributed by atoms with Crippen LogP contribution in [0.3, 0.4) is 0 Å². The third-order valence-corrected chi connectivity index (χ3v) is 7.29. The molecule has 182 valence electrons. The molecule has 0 amide bonds. The molecular weight excluding hydrogens is 507 g/mol. The standard InChI is InChI=1S/C10H18N5O14P3/c11-9(12)13-5-1-2-15(10(18)14-5)8-7(17)6(16)4(27-8)3-26-31(22,23)29-32(24,25)28-30(19,20)21/h1-2,4,6-8,16-17H,3H2,(H,22,23)(H,24,25)(H2,19,20,21)(H4,11,12,13,14,18). The molecule has 1 aliphatic heterocycles. The van der Waals surface area contributed by atoms with E-state index in [-0.39, 0.29) is 11.8 Å². The summed E-state index contributed by atoms with van der Waals surface area (Å²) in [7, 11) is -16.8. The number of rotatable bonds is 9. The van der Waals surface area contributed by atoms with E-state index in [1.807, 2.05) is 0 Å². The lowest BCUT2D eigenvalue weighted by Gasteiger charge is -2.19. The number of aliphatic hydroxyl groups excluding tert-OH is 2. The molecule has 0 spiro atoms. The van der Waals surface area contributed by atoms with Crippen LogP contribution in [0.5, 0.6) is 0 Å². The van der Waals surface area contributed by atoms with Crippen LogP contribution in [0.25, 0.3) is 0 Å². The summed E-state index contributed by atoms with van der Waals surface area (Å²) in [5.74, 6) is -0.544. The van der Waals surface area contributed by atoms with E-state index in [0.717, 1.165) is 10.8 Å². The smallest absolute Gasteiger partial charge is 0.387 e. The van der Waals surface area contributed by atoms with Crippen LogP contribution < -0.4 is 17.2 Å². The predicted octanol–water partition coefficient (Wildman–Crippen LogP) is -2.89. The molecule has 1 aromatic rings. The molecule has 6 atom stereocenters. The number of aliphatic imine (C=N–C) groups is 1. The van der Waals surface area contributed by atoms with Gasteiger partial charge < -0.3 is 46.0 Å². The first-order valence-corrected chi connectivity index (χ1v) is 12.5. The number of ether oxygens (including phenoxy) is 1. The summed E-state index contributed by atoms with van der Waals surface area (Å²) in [5.41, 5.74) is 9.33. The van der Waals surface area contributed by atoms with E-state index in [2.05, 4.69) is 23.1 Å². The van der Waals surface area contributed by atoms with E-state index in [9.17, 15) is 33.6 Å². The highest BCUT2D eigenvalue weighted by Gasteiger charge is 2.46. The van der Waals surface area contributed by atoms with Crippen LogP contribution in [0.15, 0.2) is 22.1 Å². The number of aliphatic hydroxyl groups is 2. The summed E-state index contributed by atoms with van der Waals surface area (Å²) in [6.45, 7) is -1.05. The topological polar surface area (TPSA) is 309 Å². The lowest BCUT2D eigenvalue weighted by molar-refractivity contribution is -0.0541. The minimum absolute atomic E-state index is 0.163. The van der Waals surface area contributed by atoms with Crippen molar-refractivity contribution in [2.75, 3.05) is 6.61 Å². The molecule has 0 aliphatic carbocycles. The maximum absolute atomic E-state index is 12.1. The maximum Gasteiger partial charge on any atom is 0.490 e. The molecule has 0 aromatic carbocycles. The Morgan fingerprint density at radius 1 is 1.12 bits per heavy atom. The molecule has 6 unspecified atom stereocenters. The van der Waals surface area contributed by atoms with Crippen molar-refractivity contribution in [3.8, 4) is 0 Å². The van der Waals surface area contributed by atoms with Gasteiger partial charge in [0.25, 0.3) is 0 Å². The maximum atomic E-state index is 12.1. The zero-order valence-corrected chi connectivity index (χ0v) is 18.1. The lowest BCUT2D eigenvalue weighted by Crippen LogP contribution is -2.36. The second-order valence-electron chi connectivity index (χ2n) is 5.95. The van der Waals surface area contributed by atoms with Gasteiger partial charge in [-0.15, -0.1) is 0 Å². The quantitative estimate of drug-likeness (QED) is 0.0911. The highest BCUT2D eigenvalue weighted by atomic mass is 31.3. The van der Waals surface area contributed by atoms with Crippen LogP contribution in [-0.2, 0) is 31.6 Å². The first kappa shape index (κ1) is 26.7. The Hall–Kier alpha value is -1.56. The predicted molar refractivity (Wildman–Crippen MR) is 99.7 cm³/mol. The molecular formula is C10H18N5O14P3. The molecule has 0 radical (unpaired) electrons. The largest absolute Gasteiger partial charge is 0.490 e. The zero-order valence-electron chi connectivity index (χ0n) is 15.5. The van der Waals surface area contributed by atoms with Gasteiger partial charge in [0.1, 0.15) is 18.3 Å². The molecule has 32 heavy (non-hydrogen) atoms. The normalized spacial score (nSPS) is 27.4. The lowest BCUT2D eigenvalue weighted by atomic mass is 10.1. The molecule has 2 rings (SSSR count). The second kappa shape index (κ2) is 9.74. The van der Waals surface area contributed by atoms with Crippen molar-refractivity contribution in [2.45, 2.75) is 24.5 Å². The van der Waals surface area contributed by atoms with Gasteiger partial charge in [-0.1, -0.05) is 0 Å². The van der Waals surface area contributed by atoms with E-state index in [1.165, 1.54) is 6.07 Å². The van der Waals surface area contributed by atoms with E-state index >= 15 is 0 Å². The second-order valence-corrected chi connectivity index (χ2v) is 10.4. The number of nitrogens with zero attached hydrogens (tertiary/aromatic N) is 3. The first-order chi connectivity index (χ1) is 14.5. The van der Waals surface area contributed by atoms with Crippen LogP contribution in [0.4, 0.5) is 5.82 Å². The van der Waals surface area contributed by atoms with Gasteiger partial charge in [0.05, 0.1) is 6.61 Å². The Kier molecular flexibility index (Phi) is 8.13. The molecule has 1 aliphatic rings. The number of phosphoric ester groups is 1. The summed E-state index contributed by atoms with van der Waals surface area (Å²) in [6.07, 6.45) is -5.62. The molecule has 1 fully saturated rings. The van der Waals surface area contributed by atoms with Gasteiger partial charge in [-0.25, -0.2) is 18.5 Å². The molecule has 22 heteroatoms. The third kappa shape index (κ3) is 7.50. The van der Waals surface area contributed by atoms with Gasteiger partial charge in [0, 0.05) is 6.20 Å². The molecule has 0 saturated carbocycles. The van der Waals surface area contributed by atoms with Crippen molar-refractivity contribution in [2.24, 2.45) is 16.5 Å². The number of phosphoric acid groups is 3. The van der Waals surface area contributed by atoms with Gasteiger partial charge in [0.2, 0.25) is 0 Å². The number of guanidine groups is 1. The van der Waals surface area contributed by atoms with E-state index in [1.54, 1.807) is 0 Å². The van der Waals surface area contributed by atoms with E-state index in [4.69, 9.17) is 30.9 Å². The number of aromatic nitrogens is 2. The Balaban J connectivity index is 2.08. The summed E-state index contributed by atoms with van der Waals surface area (Å²) in [6, 6.07) is 1.17. The van der Waals surface area contributed by atoms with Crippen molar-refractivity contribution in [3.05, 3.63) is 22.7 Å². The molecule has 1 saturated heterocycles. The molecule has 1 aromatic heterocycles. The zero-order chi connectivity index (χ0) is 24.5. The molecule has 0 bridgehead atoms. The number of hydrogen-bond acceptors (Lipinski definition) is 12. The van der Waals surface area contributed by atoms with Crippen molar-refractivity contribution in [1.29, 1.82) is 0 Å². The van der Waals surface area contributed by atoms with E-state index in [0.29, 0.717) is 0 Å². The average molecular weight is 525 g/mol. The summed E-state index contributed by atoms with van der Waals surface area (Å²) < 4.78 is 51.0. The first-order valence-electron chi connectivity index (χ1n) is 7.98. The van der Waals surface area contributed by atoms with Crippen molar-refractivity contribution in [1.82, 2.24) is 9.55 Å². The van der Waals surface area contributed by atoms with Crippen LogP contribution in [0.1, 0.15) is 6.23 Å². The molecule has 19 nitrogen and oxygen atoms in total. The minimum atomic E-state index is -5.74. The highest BCUT2D eigenvalue weighted by molar-refractivity contribution is 7.66. The molecule has 2 heterocycles. The van der Waals surface area contributed by atoms with Crippen molar-refractivity contribution in [3.63, 3.8) is 0 Å². The Labute approximate surface area is 177 Å². The Morgan fingerprint density at radius 2 is 1.75 bits per heavy atom. The Bertz CT molecular complexity index is 1070. The fraction of sp³-hybridized carbons (Fsp3) is 0.500. The number of hydrogen-bond donors (Lipinski definition) is 8. The van der Waals surface area contributed by atoms with Gasteiger partial charge in [0.15, 0.2) is 18.0 Å². The highest BCUT2D eigenvalue weighted by Crippen LogP contribution is 2.66. The summed E-state index contributed by atoms with van der Waals surface area (Å²) >= 11 is 0. The Morgan fingerprint density at radius 3 is 2.28 bits per heavy atom. The van der Waals surface area contributed by atoms with Crippen molar-refractivity contribution < 1.29 is 61.4 Å². The summed E-state index contributed by atoms with van der Waals surface area (Å²) in [4.78, 5) is 54.6. The summed E-state index contributed by atoms with van der Waals surface area (Å²) in [5, 5.41) is 20.2. The number of nitrogens with two attached hydrogens (primary N) is 2. The molecule has 10 N–H and O–H groups in total. The fourth-order valence-corrected chi connectivity index (χ4v) is 5.39. The van der Waals surface area contributed by atoms with E-state index < -0.39 is 60.3 Å². The monoisotopic (exact) mass is 525 g/mol. The van der Waals surface area contributed by atoms with Crippen LogP contribution >= 0.6 is 23.5 Å². The van der Waals surface area contributed by atoms with Crippen molar-refractivity contribution >= 4 is 35.2 Å². The van der Waals surface area contributed by atoms with Gasteiger partial charge in [-0.05, 0) is 6.07 Å². The minimum Gasteiger partial charge on any atom is -0.387 e. The van der Waals surface area contributed by atoms with Gasteiger partial charge in [-0.3, -0.25) is 9.09 Å². The van der Waals surface area contributed by atoms with Crippen LogP contribution in [0, 0.1) is 0 Å². The van der Waals surface area contributed by atoms with Crippen LogP contribution in [-0.4, -0.2) is 70.2 Å². The fourth-order valence-electron chi connectivity index (χ4n) is 2.36. The SMILES string of the molecule is NC(N)=Nc1ccn(C2OC(COP(=O)(O)OP(=O)(O)OP(=O)(O)O)C(O)C2O)c(=O)n1. The average Bonchev–Trinajstić information content (AvgIpc) is 2.85. The van der Waals surface area contributed by atoms with Crippen LogP contribution in [0.2, 0.25) is 0 Å². The van der Waals surface area contributed by atoms with Gasteiger partial charge >= 0.3 is 29.2 Å².